The van der Waals surface area contributed by atoms with E-state index in [4.69, 9.17) is 0 Å². The third-order valence-electron chi connectivity index (χ3n) is 4.08. The van der Waals surface area contributed by atoms with E-state index in [1.54, 1.807) is 23.5 Å². The molecule has 3 rings (SSSR count). The van der Waals surface area contributed by atoms with Gasteiger partial charge in [-0.1, -0.05) is 30.6 Å². The number of phenolic OH excluding ortho intramolecular Hbond substituents is 1. The van der Waals surface area contributed by atoms with Crippen LogP contribution in [0.15, 0.2) is 18.2 Å². The van der Waals surface area contributed by atoms with Crippen molar-refractivity contribution in [1.82, 2.24) is 4.98 Å². The summed E-state index contributed by atoms with van der Waals surface area (Å²) in [5.74, 6) is 1.08. The van der Waals surface area contributed by atoms with Gasteiger partial charge in [-0.2, -0.15) is 13.5 Å². The number of anilines is 1. The van der Waals surface area contributed by atoms with E-state index in [0.717, 1.165) is 21.3 Å². The number of rotatable bonds is 3. The van der Waals surface area contributed by atoms with E-state index in [0.29, 0.717) is 11.8 Å². The van der Waals surface area contributed by atoms with Crippen molar-refractivity contribution in [2.45, 2.75) is 45.1 Å². The maximum absolute atomic E-state index is 9.48. The Kier molecular flexibility index (Phi) is 5.16. The number of nitrogens with one attached hydrogen (secondary N) is 1. The molecule has 0 spiro atoms. The molecular weight excluding hydrogens is 288 g/mol. The van der Waals surface area contributed by atoms with Crippen LogP contribution in [0, 0.1) is 5.92 Å². The van der Waals surface area contributed by atoms with Gasteiger partial charge in [-0.3, -0.25) is 0 Å². The minimum absolute atomic E-state index is 0. The monoisotopic (exact) mass is 310 g/mol. The van der Waals surface area contributed by atoms with E-state index < -0.39 is 0 Å². The molecule has 1 aliphatic rings. The summed E-state index contributed by atoms with van der Waals surface area (Å²) in [6, 6.07) is 5.83. The van der Waals surface area contributed by atoms with Gasteiger partial charge in [0.25, 0.3) is 0 Å². The van der Waals surface area contributed by atoms with Crippen LogP contribution in [0.4, 0.5) is 5.13 Å². The van der Waals surface area contributed by atoms with Crippen molar-refractivity contribution < 1.29 is 5.11 Å². The van der Waals surface area contributed by atoms with Gasteiger partial charge in [-0.05, 0) is 43.9 Å². The predicted octanol–water partition coefficient (Wildman–Crippen LogP) is 4.50. The first-order chi connectivity index (χ1) is 9.22. The number of fused-ring (bicyclic) bond motifs is 1. The summed E-state index contributed by atoms with van der Waals surface area (Å²) >= 11 is 1.62. The highest BCUT2D eigenvalue weighted by atomic mass is 32.1. The molecule has 0 bridgehead atoms. The van der Waals surface area contributed by atoms with E-state index >= 15 is 0 Å². The third-order valence-corrected chi connectivity index (χ3v) is 5.03. The first-order valence-corrected chi connectivity index (χ1v) is 7.90. The van der Waals surface area contributed by atoms with Gasteiger partial charge < -0.3 is 10.4 Å². The summed E-state index contributed by atoms with van der Waals surface area (Å²) in [7, 11) is 0. The summed E-state index contributed by atoms with van der Waals surface area (Å²) in [5.41, 5.74) is 0.959. The standard InChI is InChI=1S/C15H20N2OS.H2S/c1-10(11-5-3-2-4-6-11)16-15-17-13-8-7-12(18)9-14(13)19-15;/h7-11,18H,2-6H2,1H3,(H,16,17);1H2/t10-;/m0./s1. The Morgan fingerprint density at radius 3 is 2.80 bits per heavy atom. The van der Waals surface area contributed by atoms with Crippen LogP contribution in [0.5, 0.6) is 5.75 Å². The van der Waals surface area contributed by atoms with Crippen LogP contribution in [-0.4, -0.2) is 16.1 Å². The van der Waals surface area contributed by atoms with E-state index in [-0.39, 0.29) is 13.5 Å². The SMILES string of the molecule is C[C@H](Nc1nc2ccc(O)cc2s1)C1CCCCC1.S. The zero-order chi connectivity index (χ0) is 13.2. The molecule has 2 N–H and O–H groups in total. The number of thiazole rings is 1. The molecule has 0 unspecified atom stereocenters. The quantitative estimate of drug-likeness (QED) is 0.877. The van der Waals surface area contributed by atoms with Crippen molar-refractivity contribution in [2.75, 3.05) is 5.32 Å². The van der Waals surface area contributed by atoms with Crippen molar-refractivity contribution in [3.05, 3.63) is 18.2 Å². The van der Waals surface area contributed by atoms with Gasteiger partial charge >= 0.3 is 0 Å². The number of hydrogen-bond acceptors (Lipinski definition) is 4. The molecule has 0 aliphatic heterocycles. The molecule has 0 radical (unpaired) electrons. The van der Waals surface area contributed by atoms with Crippen LogP contribution >= 0.6 is 24.8 Å². The van der Waals surface area contributed by atoms with Crippen LogP contribution in [0.25, 0.3) is 10.2 Å². The molecule has 1 aromatic carbocycles. The van der Waals surface area contributed by atoms with Crippen molar-refractivity contribution in [3.8, 4) is 5.75 Å². The molecule has 5 heteroatoms. The second-order valence-corrected chi connectivity index (χ2v) is 6.53. The predicted molar refractivity (Wildman–Crippen MR) is 91.3 cm³/mol. The first kappa shape index (κ1) is 15.4. The topological polar surface area (TPSA) is 45.2 Å². The summed E-state index contributed by atoms with van der Waals surface area (Å²) < 4.78 is 1.04. The average Bonchev–Trinajstić information content (AvgIpc) is 2.81. The van der Waals surface area contributed by atoms with Crippen LogP contribution < -0.4 is 5.32 Å². The Bertz CT molecular complexity index is 564. The Hall–Kier alpha value is -0.940. The van der Waals surface area contributed by atoms with Gasteiger partial charge in [0, 0.05) is 6.04 Å². The molecule has 1 aliphatic carbocycles. The van der Waals surface area contributed by atoms with E-state index in [9.17, 15) is 5.11 Å². The third kappa shape index (κ3) is 3.38. The Balaban J connectivity index is 0.00000147. The van der Waals surface area contributed by atoms with Crippen molar-refractivity contribution in [1.29, 1.82) is 0 Å². The fourth-order valence-corrected chi connectivity index (χ4v) is 3.92. The van der Waals surface area contributed by atoms with Crippen LogP contribution in [-0.2, 0) is 0 Å². The fourth-order valence-electron chi connectivity index (χ4n) is 2.92. The molecule has 1 heterocycles. The average molecular weight is 310 g/mol. The molecular formula is C15H22N2OS2. The molecule has 20 heavy (non-hydrogen) atoms. The number of benzene rings is 1. The number of aromatic hydroxyl groups is 1. The summed E-state index contributed by atoms with van der Waals surface area (Å²) in [4.78, 5) is 4.58. The Morgan fingerprint density at radius 1 is 1.30 bits per heavy atom. The van der Waals surface area contributed by atoms with Gasteiger partial charge in [-0.15, -0.1) is 0 Å². The minimum Gasteiger partial charge on any atom is -0.508 e. The number of hydrogen-bond donors (Lipinski definition) is 2. The number of aromatic nitrogens is 1. The van der Waals surface area contributed by atoms with E-state index in [1.165, 1.54) is 32.1 Å². The van der Waals surface area contributed by atoms with Gasteiger partial charge in [0.2, 0.25) is 0 Å². The lowest BCUT2D eigenvalue weighted by Gasteiger charge is -2.28. The largest absolute Gasteiger partial charge is 0.508 e. The molecule has 1 atom stereocenters. The zero-order valence-electron chi connectivity index (χ0n) is 11.7. The van der Waals surface area contributed by atoms with Crippen LogP contribution in [0.1, 0.15) is 39.0 Å². The molecule has 110 valence electrons. The second kappa shape index (κ2) is 6.68. The van der Waals surface area contributed by atoms with Crippen LogP contribution in [0.2, 0.25) is 0 Å². The Morgan fingerprint density at radius 2 is 2.05 bits per heavy atom. The normalized spacial score (nSPS) is 17.6. The van der Waals surface area contributed by atoms with E-state index in [1.807, 2.05) is 6.07 Å². The smallest absolute Gasteiger partial charge is 0.184 e. The molecule has 0 saturated heterocycles. The van der Waals surface area contributed by atoms with Crippen molar-refractivity contribution in [2.24, 2.45) is 5.92 Å². The molecule has 3 nitrogen and oxygen atoms in total. The lowest BCUT2D eigenvalue weighted by atomic mass is 9.85. The number of nitrogens with zero attached hydrogens (tertiary/aromatic N) is 1. The summed E-state index contributed by atoms with van der Waals surface area (Å²) in [6.45, 7) is 2.26. The second-order valence-electron chi connectivity index (χ2n) is 5.50. The van der Waals surface area contributed by atoms with Crippen molar-refractivity contribution in [3.63, 3.8) is 0 Å². The van der Waals surface area contributed by atoms with Crippen LogP contribution in [0.3, 0.4) is 0 Å². The molecule has 2 aromatic rings. The number of phenols is 1. The molecule has 1 aromatic heterocycles. The summed E-state index contributed by atoms with van der Waals surface area (Å²) in [6.07, 6.45) is 6.79. The highest BCUT2D eigenvalue weighted by Gasteiger charge is 2.20. The van der Waals surface area contributed by atoms with Crippen molar-refractivity contribution >= 4 is 40.2 Å². The molecule has 0 amide bonds. The first-order valence-electron chi connectivity index (χ1n) is 7.08. The van der Waals surface area contributed by atoms with Gasteiger partial charge in [0.15, 0.2) is 5.13 Å². The fraction of sp³-hybridized carbons (Fsp3) is 0.533. The van der Waals surface area contributed by atoms with Gasteiger partial charge in [0.05, 0.1) is 10.2 Å². The summed E-state index contributed by atoms with van der Waals surface area (Å²) in [5, 5.41) is 14.0. The van der Waals surface area contributed by atoms with Gasteiger partial charge in [-0.25, -0.2) is 4.98 Å². The molecule has 1 saturated carbocycles. The lowest BCUT2D eigenvalue weighted by molar-refractivity contribution is 0.328. The Labute approximate surface area is 130 Å². The maximum atomic E-state index is 9.48. The zero-order valence-corrected chi connectivity index (χ0v) is 13.5. The highest BCUT2D eigenvalue weighted by Crippen LogP contribution is 2.32. The minimum atomic E-state index is 0. The maximum Gasteiger partial charge on any atom is 0.184 e. The van der Waals surface area contributed by atoms with Gasteiger partial charge in [0.1, 0.15) is 5.75 Å². The van der Waals surface area contributed by atoms with E-state index in [2.05, 4.69) is 17.2 Å². The lowest BCUT2D eigenvalue weighted by Crippen LogP contribution is -2.27. The highest BCUT2D eigenvalue weighted by molar-refractivity contribution is 7.59. The molecule has 1 fully saturated rings.